The number of carbonyl (C=O) groups is 1. The van der Waals surface area contributed by atoms with E-state index in [1.54, 1.807) is 18.4 Å². The fourth-order valence-corrected chi connectivity index (χ4v) is 4.26. The normalized spacial score (nSPS) is 14.5. The van der Waals surface area contributed by atoms with Crippen molar-refractivity contribution in [2.45, 2.75) is 6.54 Å². The monoisotopic (exact) mass is 441 g/mol. The van der Waals surface area contributed by atoms with Gasteiger partial charge in [-0.2, -0.15) is 0 Å². The summed E-state index contributed by atoms with van der Waals surface area (Å²) in [6.07, 6.45) is 0. The number of thiazole rings is 1. The van der Waals surface area contributed by atoms with E-state index >= 15 is 0 Å². The number of rotatable bonds is 7. The summed E-state index contributed by atoms with van der Waals surface area (Å²) in [5.41, 5.74) is 1.99. The summed E-state index contributed by atoms with van der Waals surface area (Å²) in [7, 11) is 1.66. The molecule has 1 fully saturated rings. The molecule has 8 heteroatoms. The van der Waals surface area contributed by atoms with Gasteiger partial charge in [-0.3, -0.25) is 9.69 Å². The first-order valence-corrected chi connectivity index (χ1v) is 11.0. The third-order valence-corrected chi connectivity index (χ3v) is 6.01. The Morgan fingerprint density at radius 1 is 1.10 bits per heavy atom. The Morgan fingerprint density at radius 3 is 2.61 bits per heavy atom. The molecule has 1 aromatic heterocycles. The molecular formula is C23H24FN3O3S. The van der Waals surface area contributed by atoms with Gasteiger partial charge in [0, 0.05) is 37.1 Å². The van der Waals surface area contributed by atoms with Gasteiger partial charge in [-0.15, -0.1) is 11.3 Å². The smallest absolute Gasteiger partial charge is 0.260 e. The van der Waals surface area contributed by atoms with Gasteiger partial charge in [-0.05, 0) is 36.4 Å². The lowest BCUT2D eigenvalue weighted by atomic mass is 10.2. The molecule has 1 amide bonds. The number of aromatic nitrogens is 1. The lowest BCUT2D eigenvalue weighted by molar-refractivity contribution is -0.135. The van der Waals surface area contributed by atoms with E-state index in [1.165, 1.54) is 24.3 Å². The Balaban J connectivity index is 1.25. The van der Waals surface area contributed by atoms with Crippen LogP contribution in [0.3, 0.4) is 0 Å². The van der Waals surface area contributed by atoms with E-state index in [0.29, 0.717) is 18.8 Å². The Morgan fingerprint density at radius 2 is 1.87 bits per heavy atom. The summed E-state index contributed by atoms with van der Waals surface area (Å²) < 4.78 is 23.7. The maximum Gasteiger partial charge on any atom is 0.260 e. The summed E-state index contributed by atoms with van der Waals surface area (Å²) in [4.78, 5) is 21.3. The number of halogens is 1. The number of ether oxygens (including phenoxy) is 2. The standard InChI is InChI=1S/C23H24FN3O3S/c1-29-20-4-2-3-17(13-20)21-16-31-22(25-21)14-26-9-11-27(12-10-26)23(28)15-30-19-7-5-18(24)6-8-19/h2-8,13,16H,9-12,14-15H2,1H3. The van der Waals surface area contributed by atoms with Crippen LogP contribution >= 0.6 is 11.3 Å². The van der Waals surface area contributed by atoms with Crippen molar-refractivity contribution in [1.29, 1.82) is 0 Å². The average molecular weight is 442 g/mol. The first-order chi connectivity index (χ1) is 15.1. The molecule has 31 heavy (non-hydrogen) atoms. The third-order valence-electron chi connectivity index (χ3n) is 5.18. The summed E-state index contributed by atoms with van der Waals surface area (Å²) in [5.74, 6) is 0.921. The third kappa shape index (κ3) is 5.59. The van der Waals surface area contributed by atoms with Crippen molar-refractivity contribution in [3.05, 3.63) is 64.7 Å². The lowest BCUT2D eigenvalue weighted by Crippen LogP contribution is -2.49. The molecule has 0 atom stereocenters. The average Bonchev–Trinajstić information content (AvgIpc) is 3.27. The van der Waals surface area contributed by atoms with Crippen LogP contribution in [0.1, 0.15) is 5.01 Å². The van der Waals surface area contributed by atoms with Gasteiger partial charge >= 0.3 is 0 Å². The zero-order valence-electron chi connectivity index (χ0n) is 17.3. The molecule has 0 bridgehead atoms. The largest absolute Gasteiger partial charge is 0.497 e. The van der Waals surface area contributed by atoms with E-state index in [0.717, 1.165) is 41.6 Å². The van der Waals surface area contributed by atoms with Crippen molar-refractivity contribution >= 4 is 17.2 Å². The molecule has 0 N–H and O–H groups in total. The van der Waals surface area contributed by atoms with Gasteiger partial charge in [0.2, 0.25) is 0 Å². The molecule has 162 valence electrons. The number of benzene rings is 2. The topological polar surface area (TPSA) is 54.9 Å². The van der Waals surface area contributed by atoms with Crippen molar-refractivity contribution in [2.75, 3.05) is 39.9 Å². The quantitative estimate of drug-likeness (QED) is 0.560. The maximum absolute atomic E-state index is 12.9. The number of nitrogens with zero attached hydrogens (tertiary/aromatic N) is 3. The molecule has 2 aromatic carbocycles. The molecule has 1 aliphatic heterocycles. The maximum atomic E-state index is 12.9. The zero-order chi connectivity index (χ0) is 21.6. The van der Waals surface area contributed by atoms with E-state index < -0.39 is 0 Å². The molecule has 0 radical (unpaired) electrons. The van der Waals surface area contributed by atoms with Crippen LogP contribution in [0, 0.1) is 5.82 Å². The predicted molar refractivity (Wildman–Crippen MR) is 118 cm³/mol. The van der Waals surface area contributed by atoms with Gasteiger partial charge in [0.15, 0.2) is 6.61 Å². The van der Waals surface area contributed by atoms with Crippen LogP contribution in [-0.4, -0.2) is 60.6 Å². The Hall–Kier alpha value is -2.97. The fourth-order valence-electron chi connectivity index (χ4n) is 3.41. The molecular weight excluding hydrogens is 417 g/mol. The molecule has 0 aliphatic carbocycles. The highest BCUT2D eigenvalue weighted by atomic mass is 32.1. The molecule has 1 aliphatic rings. The number of hydrogen-bond donors (Lipinski definition) is 0. The molecule has 0 unspecified atom stereocenters. The van der Waals surface area contributed by atoms with Crippen LogP contribution in [0.2, 0.25) is 0 Å². The molecule has 1 saturated heterocycles. The van der Waals surface area contributed by atoms with E-state index in [4.69, 9.17) is 14.5 Å². The minimum Gasteiger partial charge on any atom is -0.497 e. The number of hydrogen-bond acceptors (Lipinski definition) is 6. The highest BCUT2D eigenvalue weighted by molar-refractivity contribution is 7.09. The van der Waals surface area contributed by atoms with Crippen LogP contribution in [0.25, 0.3) is 11.3 Å². The second-order valence-electron chi connectivity index (χ2n) is 7.26. The van der Waals surface area contributed by atoms with Gasteiger partial charge in [-0.25, -0.2) is 9.37 Å². The van der Waals surface area contributed by atoms with Crippen LogP contribution in [-0.2, 0) is 11.3 Å². The van der Waals surface area contributed by atoms with Gasteiger partial charge in [0.05, 0.1) is 19.3 Å². The first-order valence-electron chi connectivity index (χ1n) is 10.1. The Bertz CT molecular complexity index is 1020. The number of piperazine rings is 1. The second kappa shape index (κ2) is 9.89. The van der Waals surface area contributed by atoms with Crippen LogP contribution in [0.15, 0.2) is 53.9 Å². The molecule has 0 saturated carbocycles. The lowest BCUT2D eigenvalue weighted by Gasteiger charge is -2.34. The van der Waals surface area contributed by atoms with Crippen molar-refractivity contribution in [1.82, 2.24) is 14.8 Å². The predicted octanol–water partition coefficient (Wildman–Crippen LogP) is 3.68. The van der Waals surface area contributed by atoms with Gasteiger partial charge in [0.25, 0.3) is 5.91 Å². The highest BCUT2D eigenvalue weighted by Gasteiger charge is 2.22. The molecule has 0 spiro atoms. The number of amides is 1. The fraction of sp³-hybridized carbons (Fsp3) is 0.304. The summed E-state index contributed by atoms with van der Waals surface area (Å²) in [6.45, 7) is 3.61. The zero-order valence-corrected chi connectivity index (χ0v) is 18.1. The SMILES string of the molecule is COc1cccc(-c2csc(CN3CCN(C(=O)COc4ccc(F)cc4)CC3)n2)c1. The van der Waals surface area contributed by atoms with Gasteiger partial charge < -0.3 is 14.4 Å². The van der Waals surface area contributed by atoms with E-state index in [-0.39, 0.29) is 18.3 Å². The number of carbonyl (C=O) groups excluding carboxylic acids is 1. The summed E-state index contributed by atoms with van der Waals surface area (Å²) in [5, 5.41) is 3.12. The van der Waals surface area contributed by atoms with Gasteiger partial charge in [-0.1, -0.05) is 12.1 Å². The molecule has 6 nitrogen and oxygen atoms in total. The van der Waals surface area contributed by atoms with Crippen LogP contribution in [0.4, 0.5) is 4.39 Å². The van der Waals surface area contributed by atoms with E-state index in [2.05, 4.69) is 10.3 Å². The second-order valence-corrected chi connectivity index (χ2v) is 8.20. The summed E-state index contributed by atoms with van der Waals surface area (Å²) in [6, 6.07) is 13.6. The van der Waals surface area contributed by atoms with Crippen LogP contribution in [0.5, 0.6) is 11.5 Å². The summed E-state index contributed by atoms with van der Waals surface area (Å²) >= 11 is 1.64. The highest BCUT2D eigenvalue weighted by Crippen LogP contribution is 2.26. The first kappa shape index (κ1) is 21.3. The van der Waals surface area contributed by atoms with Crippen molar-refractivity contribution in [3.8, 4) is 22.8 Å². The minimum atomic E-state index is -0.328. The van der Waals surface area contributed by atoms with E-state index in [1.807, 2.05) is 29.2 Å². The molecule has 2 heterocycles. The van der Waals surface area contributed by atoms with Crippen molar-refractivity contribution in [3.63, 3.8) is 0 Å². The number of methoxy groups -OCH3 is 1. The van der Waals surface area contributed by atoms with Crippen LogP contribution < -0.4 is 9.47 Å². The van der Waals surface area contributed by atoms with Gasteiger partial charge in [0.1, 0.15) is 22.3 Å². The van der Waals surface area contributed by atoms with Crippen molar-refractivity contribution < 1.29 is 18.7 Å². The Labute approximate surface area is 184 Å². The minimum absolute atomic E-state index is 0.0397. The van der Waals surface area contributed by atoms with Crippen molar-refractivity contribution in [2.24, 2.45) is 0 Å². The molecule has 4 rings (SSSR count). The molecule has 3 aromatic rings. The Kier molecular flexibility index (Phi) is 6.79. The van der Waals surface area contributed by atoms with E-state index in [9.17, 15) is 9.18 Å².